The maximum absolute atomic E-state index is 15.0. The van der Waals surface area contributed by atoms with Crippen LogP contribution in [0.25, 0.3) is 0 Å². The zero-order valence-corrected chi connectivity index (χ0v) is 23.1. The standard InChI is InChI=1S/C27H25F5N3O6P/c1-14-18-5-3-16(26(36)33-12-19-22(30)10-17(28)11-23(19)31)9-24(18)35(27(37)34(14)2)13-20-15(4-6-21(29)25(20)32)7-8-41-42(38,39)40/h3-6,9-11,14H,7-8,12-13H2,1-2H3,(H,33,36)(H2,38,39,40)/t14-/m0/s1. The summed E-state index contributed by atoms with van der Waals surface area (Å²) in [6.07, 6.45) is -0.224. The molecule has 3 aromatic rings. The number of amides is 3. The Labute approximate surface area is 236 Å². The molecule has 3 aromatic carbocycles. The van der Waals surface area contributed by atoms with Crippen LogP contribution in [0.1, 0.15) is 45.6 Å². The Morgan fingerprint density at radius 2 is 1.67 bits per heavy atom. The van der Waals surface area contributed by atoms with Crippen molar-refractivity contribution in [2.75, 3.05) is 18.6 Å². The first-order valence-corrected chi connectivity index (χ1v) is 14.0. The molecule has 3 N–H and O–H groups in total. The van der Waals surface area contributed by atoms with Crippen LogP contribution >= 0.6 is 7.82 Å². The summed E-state index contributed by atoms with van der Waals surface area (Å²) in [7, 11) is -3.33. The van der Waals surface area contributed by atoms with Crippen molar-refractivity contribution in [3.63, 3.8) is 0 Å². The third-order valence-electron chi connectivity index (χ3n) is 6.92. The number of urea groups is 1. The smallest absolute Gasteiger partial charge is 0.348 e. The van der Waals surface area contributed by atoms with E-state index >= 15 is 4.39 Å². The Morgan fingerprint density at radius 1 is 1.00 bits per heavy atom. The quantitative estimate of drug-likeness (QED) is 0.228. The van der Waals surface area contributed by atoms with Gasteiger partial charge in [0.15, 0.2) is 11.6 Å². The molecule has 0 aliphatic carbocycles. The summed E-state index contributed by atoms with van der Waals surface area (Å²) in [5.74, 6) is -6.78. The molecule has 0 fully saturated rings. The van der Waals surface area contributed by atoms with Crippen molar-refractivity contribution in [2.24, 2.45) is 0 Å². The molecule has 0 spiro atoms. The van der Waals surface area contributed by atoms with Gasteiger partial charge in [-0.25, -0.2) is 31.3 Å². The van der Waals surface area contributed by atoms with Crippen molar-refractivity contribution in [2.45, 2.75) is 32.5 Å². The largest absolute Gasteiger partial charge is 0.469 e. The summed E-state index contributed by atoms with van der Waals surface area (Å²) in [4.78, 5) is 46.6. The van der Waals surface area contributed by atoms with Crippen molar-refractivity contribution >= 4 is 25.4 Å². The monoisotopic (exact) mass is 613 g/mol. The molecule has 42 heavy (non-hydrogen) atoms. The van der Waals surface area contributed by atoms with E-state index in [1.807, 2.05) is 0 Å². The van der Waals surface area contributed by atoms with Gasteiger partial charge in [0.1, 0.15) is 17.5 Å². The van der Waals surface area contributed by atoms with E-state index in [1.54, 1.807) is 13.0 Å². The van der Waals surface area contributed by atoms with Gasteiger partial charge in [-0.3, -0.25) is 14.2 Å². The highest BCUT2D eigenvalue weighted by atomic mass is 31.2. The molecule has 3 amide bonds. The van der Waals surface area contributed by atoms with Crippen molar-refractivity contribution in [1.29, 1.82) is 0 Å². The van der Waals surface area contributed by atoms with Gasteiger partial charge in [0.2, 0.25) is 0 Å². The Balaban J connectivity index is 1.66. The lowest BCUT2D eigenvalue weighted by Gasteiger charge is -2.40. The zero-order chi connectivity index (χ0) is 30.9. The molecule has 0 aromatic heterocycles. The first kappa shape index (κ1) is 31.1. The lowest BCUT2D eigenvalue weighted by atomic mass is 9.97. The number of phosphoric ester groups is 1. The van der Waals surface area contributed by atoms with Gasteiger partial charge >= 0.3 is 13.9 Å². The normalized spacial score (nSPS) is 15.2. The summed E-state index contributed by atoms with van der Waals surface area (Å²) in [5.41, 5.74) is -0.0161. The number of rotatable bonds is 9. The van der Waals surface area contributed by atoms with Crippen LogP contribution in [-0.2, 0) is 28.6 Å². The lowest BCUT2D eigenvalue weighted by molar-refractivity contribution is 0.0950. The zero-order valence-electron chi connectivity index (χ0n) is 22.2. The van der Waals surface area contributed by atoms with Crippen LogP contribution in [0.5, 0.6) is 0 Å². The maximum Gasteiger partial charge on any atom is 0.469 e. The number of fused-ring (bicyclic) bond motifs is 1. The number of carbonyl (C=O) groups is 2. The first-order chi connectivity index (χ1) is 19.7. The van der Waals surface area contributed by atoms with Gasteiger partial charge in [-0.05, 0) is 42.7 Å². The third kappa shape index (κ3) is 6.62. The van der Waals surface area contributed by atoms with Crippen molar-refractivity contribution in [3.8, 4) is 0 Å². The highest BCUT2D eigenvalue weighted by Gasteiger charge is 2.35. The fraction of sp³-hybridized carbons (Fsp3) is 0.259. The Morgan fingerprint density at radius 3 is 2.31 bits per heavy atom. The predicted octanol–water partition coefficient (Wildman–Crippen LogP) is 5.10. The van der Waals surface area contributed by atoms with Crippen LogP contribution in [0.4, 0.5) is 32.4 Å². The predicted molar refractivity (Wildman–Crippen MR) is 140 cm³/mol. The summed E-state index contributed by atoms with van der Waals surface area (Å²) in [6, 6.07) is 6.15. The van der Waals surface area contributed by atoms with E-state index in [9.17, 15) is 31.7 Å². The highest BCUT2D eigenvalue weighted by molar-refractivity contribution is 7.46. The average molecular weight is 613 g/mol. The molecule has 0 unspecified atom stereocenters. The highest BCUT2D eigenvalue weighted by Crippen LogP contribution is 2.39. The van der Waals surface area contributed by atoms with Crippen LogP contribution in [0, 0.1) is 29.1 Å². The van der Waals surface area contributed by atoms with E-state index in [2.05, 4.69) is 9.84 Å². The van der Waals surface area contributed by atoms with Crippen molar-refractivity contribution in [1.82, 2.24) is 10.2 Å². The number of benzene rings is 3. The molecule has 4 rings (SSSR count). The number of hydrogen-bond donors (Lipinski definition) is 3. The van der Waals surface area contributed by atoms with Crippen molar-refractivity contribution < 1.29 is 50.4 Å². The molecule has 15 heteroatoms. The van der Waals surface area contributed by atoms with Crippen LogP contribution in [0.15, 0.2) is 42.5 Å². The van der Waals surface area contributed by atoms with E-state index in [-0.39, 0.29) is 28.8 Å². The van der Waals surface area contributed by atoms with E-state index in [4.69, 9.17) is 9.79 Å². The number of carbonyl (C=O) groups excluding carboxylic acids is 2. The SMILES string of the molecule is C[C@H]1c2ccc(C(=O)NCc3c(F)cc(F)cc3F)cc2N(Cc2c(CCOP(=O)(O)O)ccc(F)c2F)C(=O)N1C. The molecule has 0 bridgehead atoms. The molecule has 0 saturated heterocycles. The molecule has 0 radical (unpaired) electrons. The van der Waals surface area contributed by atoms with E-state index < -0.39 is 80.1 Å². The molecule has 9 nitrogen and oxygen atoms in total. The summed E-state index contributed by atoms with van der Waals surface area (Å²) >= 11 is 0. The average Bonchev–Trinajstić information content (AvgIpc) is 2.91. The second-order valence-corrected chi connectivity index (χ2v) is 10.8. The van der Waals surface area contributed by atoms with Crippen LogP contribution in [0.3, 0.4) is 0 Å². The molecule has 1 heterocycles. The van der Waals surface area contributed by atoms with E-state index in [1.165, 1.54) is 30.1 Å². The maximum atomic E-state index is 15.0. The lowest BCUT2D eigenvalue weighted by Crippen LogP contribution is -2.47. The number of anilines is 1. The molecule has 1 aliphatic heterocycles. The number of halogens is 5. The minimum Gasteiger partial charge on any atom is -0.348 e. The van der Waals surface area contributed by atoms with Gasteiger partial charge in [-0.15, -0.1) is 0 Å². The summed E-state index contributed by atoms with van der Waals surface area (Å²) < 4.78 is 86.0. The Kier molecular flexibility index (Phi) is 9.02. The molecule has 1 aliphatic rings. The number of phosphoric acid groups is 1. The first-order valence-electron chi connectivity index (χ1n) is 12.4. The fourth-order valence-electron chi connectivity index (χ4n) is 4.57. The topological polar surface area (TPSA) is 119 Å². The van der Waals surface area contributed by atoms with Gasteiger partial charge in [0, 0.05) is 42.4 Å². The third-order valence-corrected chi connectivity index (χ3v) is 7.44. The molecule has 224 valence electrons. The fourth-order valence-corrected chi connectivity index (χ4v) is 4.90. The minimum absolute atomic E-state index is 0.0267. The van der Waals surface area contributed by atoms with Gasteiger partial charge in [-0.1, -0.05) is 12.1 Å². The molecular formula is C27H25F5N3O6P. The van der Waals surface area contributed by atoms with Crippen LogP contribution in [-0.4, -0.2) is 40.3 Å². The Hall–Kier alpha value is -3.84. The number of nitrogens with zero attached hydrogens (tertiary/aromatic N) is 2. The number of nitrogens with one attached hydrogen (secondary N) is 1. The molecule has 1 atom stereocenters. The minimum atomic E-state index is -4.83. The van der Waals surface area contributed by atoms with E-state index in [0.717, 1.165) is 11.0 Å². The van der Waals surface area contributed by atoms with Gasteiger partial charge in [-0.2, -0.15) is 0 Å². The van der Waals surface area contributed by atoms with Gasteiger partial charge in [0.25, 0.3) is 5.91 Å². The van der Waals surface area contributed by atoms with Crippen molar-refractivity contribution in [3.05, 3.63) is 99.4 Å². The molecule has 0 saturated carbocycles. The molecular weight excluding hydrogens is 588 g/mol. The van der Waals surface area contributed by atoms with E-state index in [0.29, 0.717) is 17.7 Å². The second kappa shape index (κ2) is 12.2. The number of hydrogen-bond acceptors (Lipinski definition) is 4. The van der Waals surface area contributed by atoms with Gasteiger partial charge in [0.05, 0.1) is 24.9 Å². The van der Waals surface area contributed by atoms with Crippen LogP contribution < -0.4 is 10.2 Å². The second-order valence-electron chi connectivity index (χ2n) is 9.53. The summed E-state index contributed by atoms with van der Waals surface area (Å²) in [5, 5.41) is 2.34. The Bertz CT molecular complexity index is 1580. The summed E-state index contributed by atoms with van der Waals surface area (Å²) in [6.45, 7) is 0.0594. The van der Waals surface area contributed by atoms with Gasteiger partial charge < -0.3 is 20.0 Å². The van der Waals surface area contributed by atoms with Crippen LogP contribution in [0.2, 0.25) is 0 Å².